The zero-order valence-electron chi connectivity index (χ0n) is 15.7. The molecule has 0 aliphatic carbocycles. The first-order chi connectivity index (χ1) is 14.0. The molecule has 0 radical (unpaired) electrons. The fourth-order valence-corrected chi connectivity index (χ4v) is 4.78. The first-order valence-electron chi connectivity index (χ1n) is 8.97. The van der Waals surface area contributed by atoms with Gasteiger partial charge in [0.05, 0.1) is 29.0 Å². The van der Waals surface area contributed by atoms with Crippen molar-refractivity contribution in [2.75, 3.05) is 7.11 Å². The van der Waals surface area contributed by atoms with E-state index >= 15 is 0 Å². The third-order valence-electron chi connectivity index (χ3n) is 4.63. The Kier molecular flexibility index (Phi) is 5.55. The summed E-state index contributed by atoms with van der Waals surface area (Å²) in [5, 5.41) is 0. The number of rotatable bonds is 4. The molecule has 0 amide bonds. The number of esters is 1. The Morgan fingerprint density at radius 1 is 1.31 bits per heavy atom. The van der Waals surface area contributed by atoms with Crippen LogP contribution >= 0.6 is 33.9 Å². The minimum atomic E-state index is -0.589. The number of benzene rings is 1. The topological polar surface area (TPSA) is 73.8 Å². The van der Waals surface area contributed by atoms with E-state index in [-0.39, 0.29) is 5.56 Å². The smallest absolute Gasteiger partial charge is 0.338 e. The Hall–Kier alpha value is -2.46. The summed E-state index contributed by atoms with van der Waals surface area (Å²) in [6.07, 6.45) is 2.26. The van der Waals surface area contributed by atoms with Crippen LogP contribution in [-0.2, 0) is 9.53 Å². The number of hydrogen-bond donors (Lipinski definition) is 0. The van der Waals surface area contributed by atoms with Gasteiger partial charge >= 0.3 is 5.97 Å². The summed E-state index contributed by atoms with van der Waals surface area (Å²) in [4.78, 5) is 31.2. The number of nitrogens with zero attached hydrogens (tertiary/aromatic N) is 2. The van der Waals surface area contributed by atoms with Crippen LogP contribution in [0.5, 0.6) is 0 Å². The molecule has 3 aromatic rings. The Balaban J connectivity index is 2.01. The standard InChI is InChI=1S/C21H17IN2O4S/c1-3-14-17(20(26)27-2)18(12-7-5-4-6-8-12)24-19(25)15(29-21(24)23-14)11-13-9-10-16(22)28-13/h4-11,18H,3H2,1-2H3/b15-11-/t18-/m0/s1. The first kappa shape index (κ1) is 19.8. The molecule has 0 unspecified atom stereocenters. The zero-order valence-corrected chi connectivity index (χ0v) is 18.7. The van der Waals surface area contributed by atoms with Gasteiger partial charge in [0.15, 0.2) is 8.57 Å². The van der Waals surface area contributed by atoms with Crippen LogP contribution in [0.4, 0.5) is 0 Å². The SMILES string of the molecule is CCC1=C(C(=O)OC)[C@H](c2ccccc2)n2c(s/c(=C\c3ccc(I)o3)c2=O)=N1. The van der Waals surface area contributed by atoms with Gasteiger partial charge in [0.2, 0.25) is 0 Å². The fourth-order valence-electron chi connectivity index (χ4n) is 3.35. The summed E-state index contributed by atoms with van der Waals surface area (Å²) in [5.41, 5.74) is 1.64. The van der Waals surface area contributed by atoms with Gasteiger partial charge in [-0.15, -0.1) is 0 Å². The molecule has 3 heterocycles. The van der Waals surface area contributed by atoms with E-state index in [9.17, 15) is 9.59 Å². The molecule has 1 atom stereocenters. The van der Waals surface area contributed by atoms with Gasteiger partial charge in [-0.25, -0.2) is 9.79 Å². The Labute approximate surface area is 184 Å². The molecule has 1 aromatic carbocycles. The summed E-state index contributed by atoms with van der Waals surface area (Å²) >= 11 is 3.36. The number of carbonyl (C=O) groups excluding carboxylic acids is 1. The van der Waals surface area contributed by atoms with Crippen LogP contribution in [0.25, 0.3) is 6.08 Å². The number of thiazole rings is 1. The molecule has 0 fully saturated rings. The summed E-state index contributed by atoms with van der Waals surface area (Å²) in [5.74, 6) is 0.119. The molecule has 8 heteroatoms. The van der Waals surface area contributed by atoms with E-state index in [1.807, 2.05) is 49.4 Å². The largest absolute Gasteiger partial charge is 0.466 e. The van der Waals surface area contributed by atoms with Crippen molar-refractivity contribution in [1.29, 1.82) is 0 Å². The van der Waals surface area contributed by atoms with E-state index in [0.717, 1.165) is 9.33 Å². The lowest BCUT2D eigenvalue weighted by Gasteiger charge is -2.25. The molecule has 0 spiro atoms. The van der Waals surface area contributed by atoms with E-state index < -0.39 is 12.0 Å². The van der Waals surface area contributed by atoms with Crippen molar-refractivity contribution in [1.82, 2.24) is 4.57 Å². The van der Waals surface area contributed by atoms with Gasteiger partial charge in [-0.05, 0) is 46.7 Å². The molecule has 0 N–H and O–H groups in total. The van der Waals surface area contributed by atoms with Gasteiger partial charge in [0.1, 0.15) is 5.76 Å². The van der Waals surface area contributed by atoms with Crippen molar-refractivity contribution in [3.63, 3.8) is 0 Å². The van der Waals surface area contributed by atoms with Gasteiger partial charge in [0.25, 0.3) is 5.56 Å². The van der Waals surface area contributed by atoms with Gasteiger partial charge in [-0.2, -0.15) is 0 Å². The third-order valence-corrected chi connectivity index (χ3v) is 6.20. The van der Waals surface area contributed by atoms with E-state index in [1.54, 1.807) is 10.6 Å². The Morgan fingerprint density at radius 2 is 2.07 bits per heavy atom. The highest BCUT2D eigenvalue weighted by atomic mass is 127. The Bertz CT molecular complexity index is 1280. The normalized spacial score (nSPS) is 16.5. The fraction of sp³-hybridized carbons (Fsp3) is 0.190. The highest BCUT2D eigenvalue weighted by molar-refractivity contribution is 14.1. The van der Waals surface area contributed by atoms with E-state index in [1.165, 1.54) is 18.4 Å². The number of aromatic nitrogens is 1. The predicted octanol–water partition coefficient (Wildman–Crippen LogP) is 3.00. The van der Waals surface area contributed by atoms with Crippen molar-refractivity contribution < 1.29 is 13.9 Å². The molecule has 1 aliphatic rings. The Morgan fingerprint density at radius 3 is 2.69 bits per heavy atom. The second kappa shape index (κ2) is 8.11. The third kappa shape index (κ3) is 3.62. The highest BCUT2D eigenvalue weighted by Crippen LogP contribution is 2.31. The van der Waals surface area contributed by atoms with E-state index in [2.05, 4.69) is 27.6 Å². The summed E-state index contributed by atoms with van der Waals surface area (Å²) < 4.78 is 13.4. The molecule has 1 aliphatic heterocycles. The van der Waals surface area contributed by atoms with Gasteiger partial charge in [-0.3, -0.25) is 9.36 Å². The lowest BCUT2D eigenvalue weighted by atomic mass is 9.95. The van der Waals surface area contributed by atoms with Crippen LogP contribution in [-0.4, -0.2) is 17.6 Å². The van der Waals surface area contributed by atoms with E-state index in [0.29, 0.717) is 32.8 Å². The van der Waals surface area contributed by atoms with Crippen LogP contribution in [0.3, 0.4) is 0 Å². The van der Waals surface area contributed by atoms with Crippen molar-refractivity contribution in [2.24, 2.45) is 4.99 Å². The number of halogens is 1. The number of ether oxygens (including phenoxy) is 1. The van der Waals surface area contributed by atoms with Crippen LogP contribution in [0.2, 0.25) is 0 Å². The molecular formula is C21H17IN2O4S. The van der Waals surface area contributed by atoms with Gasteiger partial charge in [0, 0.05) is 6.08 Å². The van der Waals surface area contributed by atoms with Crippen molar-refractivity contribution in [3.8, 4) is 0 Å². The highest BCUT2D eigenvalue weighted by Gasteiger charge is 2.33. The molecular weight excluding hydrogens is 503 g/mol. The molecule has 0 bridgehead atoms. The van der Waals surface area contributed by atoms with Crippen molar-refractivity contribution in [3.05, 3.63) is 88.5 Å². The van der Waals surface area contributed by atoms with Crippen molar-refractivity contribution >= 4 is 46.0 Å². The quantitative estimate of drug-likeness (QED) is 0.392. The predicted molar refractivity (Wildman–Crippen MR) is 118 cm³/mol. The molecule has 0 saturated carbocycles. The maximum atomic E-state index is 13.3. The van der Waals surface area contributed by atoms with Gasteiger partial charge in [-0.1, -0.05) is 48.6 Å². The lowest BCUT2D eigenvalue weighted by Crippen LogP contribution is -2.40. The average molecular weight is 520 g/mol. The monoisotopic (exact) mass is 520 g/mol. The molecule has 0 saturated heterocycles. The minimum absolute atomic E-state index is 0.217. The second-order valence-corrected chi connectivity index (χ2v) is 8.41. The lowest BCUT2D eigenvalue weighted by molar-refractivity contribution is -0.136. The first-order valence-corrected chi connectivity index (χ1v) is 10.9. The number of furan rings is 1. The van der Waals surface area contributed by atoms with Crippen LogP contribution in [0.1, 0.15) is 30.7 Å². The maximum Gasteiger partial charge on any atom is 0.338 e. The molecule has 29 heavy (non-hydrogen) atoms. The summed E-state index contributed by atoms with van der Waals surface area (Å²) in [7, 11) is 1.34. The minimum Gasteiger partial charge on any atom is -0.466 e. The van der Waals surface area contributed by atoms with E-state index in [4.69, 9.17) is 9.15 Å². The average Bonchev–Trinajstić information content (AvgIpc) is 3.29. The van der Waals surface area contributed by atoms with Crippen molar-refractivity contribution in [2.45, 2.75) is 19.4 Å². The maximum absolute atomic E-state index is 13.3. The number of fused-ring (bicyclic) bond motifs is 1. The molecule has 2 aromatic heterocycles. The number of methoxy groups -OCH3 is 1. The molecule has 6 nitrogen and oxygen atoms in total. The van der Waals surface area contributed by atoms with Crippen LogP contribution in [0, 0.1) is 3.77 Å². The summed E-state index contributed by atoms with van der Waals surface area (Å²) in [6.45, 7) is 1.93. The zero-order chi connectivity index (χ0) is 20.5. The van der Waals surface area contributed by atoms with Crippen LogP contribution in [0.15, 0.2) is 67.9 Å². The van der Waals surface area contributed by atoms with Gasteiger partial charge < -0.3 is 9.15 Å². The molecule has 148 valence electrons. The second-order valence-electron chi connectivity index (χ2n) is 6.34. The summed E-state index contributed by atoms with van der Waals surface area (Å²) in [6, 6.07) is 12.5. The number of hydrogen-bond acceptors (Lipinski definition) is 6. The molecule has 4 rings (SSSR count). The number of allylic oxidation sites excluding steroid dienone is 1. The number of carbonyl (C=O) groups is 1. The van der Waals surface area contributed by atoms with Crippen LogP contribution < -0.4 is 14.9 Å².